The lowest BCUT2D eigenvalue weighted by molar-refractivity contribution is -0.128. The molecule has 2 aromatic heterocycles. The summed E-state index contributed by atoms with van der Waals surface area (Å²) >= 11 is 1.48. The minimum absolute atomic E-state index is 0.0102. The van der Waals surface area contributed by atoms with Gasteiger partial charge in [0.1, 0.15) is 10.8 Å². The van der Waals surface area contributed by atoms with Gasteiger partial charge in [0, 0.05) is 25.0 Å². The normalized spacial score (nSPS) is 11.6. The van der Waals surface area contributed by atoms with Crippen LogP contribution in [-0.2, 0) is 16.8 Å². The van der Waals surface area contributed by atoms with Gasteiger partial charge in [-0.25, -0.2) is 9.37 Å². The number of nitrogens with zero attached hydrogens (tertiary/aromatic N) is 4. The third-order valence-corrected chi connectivity index (χ3v) is 5.06. The van der Waals surface area contributed by atoms with Gasteiger partial charge in [-0.15, -0.1) is 11.3 Å². The van der Waals surface area contributed by atoms with Crippen molar-refractivity contribution < 1.29 is 9.18 Å². The number of carbonyl (C=O) groups is 1. The van der Waals surface area contributed by atoms with Crippen molar-refractivity contribution >= 4 is 17.2 Å². The van der Waals surface area contributed by atoms with Crippen molar-refractivity contribution in [2.75, 3.05) is 14.1 Å². The molecule has 0 aliphatic carbocycles. The maximum atomic E-state index is 13.4. The van der Waals surface area contributed by atoms with Crippen LogP contribution < -0.4 is 0 Å². The lowest BCUT2D eigenvalue weighted by Crippen LogP contribution is -2.24. The Morgan fingerprint density at radius 2 is 1.89 bits per heavy atom. The van der Waals surface area contributed by atoms with E-state index < -0.39 is 0 Å². The van der Waals surface area contributed by atoms with E-state index in [4.69, 9.17) is 0 Å². The van der Waals surface area contributed by atoms with E-state index in [0.717, 1.165) is 27.5 Å². The van der Waals surface area contributed by atoms with Crippen LogP contribution in [0, 0.1) is 5.82 Å². The Labute approximate surface area is 162 Å². The molecular weight excluding hydrogens is 363 g/mol. The fraction of sp³-hybridized carbons (Fsp3) is 0.350. The van der Waals surface area contributed by atoms with Gasteiger partial charge >= 0.3 is 0 Å². The zero-order chi connectivity index (χ0) is 19.8. The molecule has 0 aliphatic rings. The predicted octanol–water partition coefficient (Wildman–Crippen LogP) is 4.20. The van der Waals surface area contributed by atoms with Crippen LogP contribution in [0.3, 0.4) is 0 Å². The monoisotopic (exact) mass is 386 g/mol. The zero-order valence-corrected chi connectivity index (χ0v) is 17.0. The maximum Gasteiger partial charge on any atom is 0.228 e. The average Bonchev–Trinajstić information content (AvgIpc) is 3.21. The van der Waals surface area contributed by atoms with Gasteiger partial charge in [-0.2, -0.15) is 5.10 Å². The molecule has 0 fully saturated rings. The fourth-order valence-corrected chi connectivity index (χ4v) is 3.55. The molecule has 142 valence electrons. The first-order chi connectivity index (χ1) is 12.7. The highest BCUT2D eigenvalue weighted by molar-refractivity contribution is 7.13. The number of hydrogen-bond donors (Lipinski definition) is 0. The highest BCUT2D eigenvalue weighted by atomic mass is 32.1. The van der Waals surface area contributed by atoms with Gasteiger partial charge in [0.15, 0.2) is 0 Å². The lowest BCUT2D eigenvalue weighted by atomic mass is 10.0. The number of hydrogen-bond acceptors (Lipinski definition) is 4. The number of likely N-dealkylation sites (N-methyl/N-ethyl adjacent to an activating group) is 1. The molecule has 3 aromatic rings. The second kappa shape index (κ2) is 7.23. The summed E-state index contributed by atoms with van der Waals surface area (Å²) in [5, 5.41) is 7.28. The number of rotatable bonds is 4. The zero-order valence-electron chi connectivity index (χ0n) is 16.2. The van der Waals surface area contributed by atoms with Crippen molar-refractivity contribution in [1.29, 1.82) is 0 Å². The van der Waals surface area contributed by atoms with Gasteiger partial charge in [0.05, 0.1) is 35.1 Å². The minimum atomic E-state index is -0.277. The summed E-state index contributed by atoms with van der Waals surface area (Å²) in [5.74, 6) is -0.267. The highest BCUT2D eigenvalue weighted by Crippen LogP contribution is 2.36. The summed E-state index contributed by atoms with van der Waals surface area (Å²) in [4.78, 5) is 18.2. The summed E-state index contributed by atoms with van der Waals surface area (Å²) in [6.07, 6.45) is 2.06. The molecule has 0 saturated heterocycles. The van der Waals surface area contributed by atoms with E-state index in [0.29, 0.717) is 0 Å². The van der Waals surface area contributed by atoms with Crippen LogP contribution in [0.4, 0.5) is 4.39 Å². The number of amides is 1. The molecule has 0 atom stereocenters. The molecule has 3 rings (SSSR count). The Kier molecular flexibility index (Phi) is 5.15. The van der Waals surface area contributed by atoms with Crippen molar-refractivity contribution in [3.63, 3.8) is 0 Å². The topological polar surface area (TPSA) is 51.0 Å². The second-order valence-electron chi connectivity index (χ2n) is 7.61. The first-order valence-electron chi connectivity index (χ1n) is 8.66. The summed E-state index contributed by atoms with van der Waals surface area (Å²) in [7, 11) is 3.46. The summed E-state index contributed by atoms with van der Waals surface area (Å²) in [5.41, 5.74) is 3.14. The molecule has 0 radical (unpaired) electrons. The van der Waals surface area contributed by atoms with E-state index in [9.17, 15) is 9.18 Å². The number of halogens is 1. The lowest BCUT2D eigenvalue weighted by Gasteiger charge is -2.23. The molecule has 0 spiro atoms. The molecule has 1 amide bonds. The van der Waals surface area contributed by atoms with Crippen LogP contribution in [-0.4, -0.2) is 39.7 Å². The molecule has 27 heavy (non-hydrogen) atoms. The highest BCUT2D eigenvalue weighted by Gasteiger charge is 2.24. The molecule has 7 heteroatoms. The van der Waals surface area contributed by atoms with E-state index in [1.807, 2.05) is 10.1 Å². The number of aromatic nitrogens is 3. The van der Waals surface area contributed by atoms with Crippen molar-refractivity contribution in [2.24, 2.45) is 0 Å². The largest absolute Gasteiger partial charge is 0.348 e. The standard InChI is InChI=1S/C20H23FN4OS/c1-20(2,3)25-18(13-6-8-14(21)9-7-13)16(11-22-25)19-23-15(12-27-19)10-17(26)24(4)5/h6-9,11-12H,10H2,1-5H3. The summed E-state index contributed by atoms with van der Waals surface area (Å²) in [6, 6.07) is 6.40. The quantitative estimate of drug-likeness (QED) is 0.675. The van der Waals surface area contributed by atoms with E-state index >= 15 is 0 Å². The molecule has 0 N–H and O–H groups in total. The SMILES string of the molecule is CN(C)C(=O)Cc1csc(-c2cnn(C(C)(C)C)c2-c2ccc(F)cc2)n1. The van der Waals surface area contributed by atoms with E-state index in [1.54, 1.807) is 37.3 Å². The molecule has 5 nitrogen and oxygen atoms in total. The van der Waals surface area contributed by atoms with Crippen LogP contribution in [0.5, 0.6) is 0 Å². The maximum absolute atomic E-state index is 13.4. The first-order valence-corrected chi connectivity index (χ1v) is 9.54. The van der Waals surface area contributed by atoms with E-state index in [-0.39, 0.29) is 23.7 Å². The van der Waals surface area contributed by atoms with Crippen LogP contribution in [0.2, 0.25) is 0 Å². The van der Waals surface area contributed by atoms with Gasteiger partial charge in [-0.05, 0) is 45.0 Å². The molecule has 0 aliphatic heterocycles. The third-order valence-electron chi connectivity index (χ3n) is 4.14. The fourth-order valence-electron chi connectivity index (χ4n) is 2.72. The molecule has 0 saturated carbocycles. The summed E-state index contributed by atoms with van der Waals surface area (Å²) < 4.78 is 15.3. The van der Waals surface area contributed by atoms with Gasteiger partial charge in [0.2, 0.25) is 5.91 Å². The molecular formula is C20H23FN4OS. The van der Waals surface area contributed by atoms with Crippen molar-refractivity contribution in [3.05, 3.63) is 47.4 Å². The minimum Gasteiger partial charge on any atom is -0.348 e. The average molecular weight is 386 g/mol. The Morgan fingerprint density at radius 1 is 1.22 bits per heavy atom. The number of benzene rings is 1. The Hall–Kier alpha value is -2.54. The third kappa shape index (κ3) is 4.08. The van der Waals surface area contributed by atoms with Gasteiger partial charge in [0.25, 0.3) is 0 Å². The van der Waals surface area contributed by atoms with E-state index in [1.165, 1.54) is 23.5 Å². The predicted molar refractivity (Wildman–Crippen MR) is 106 cm³/mol. The van der Waals surface area contributed by atoms with E-state index in [2.05, 4.69) is 30.9 Å². The number of thiazole rings is 1. The Balaban J connectivity index is 2.06. The van der Waals surface area contributed by atoms with Crippen LogP contribution >= 0.6 is 11.3 Å². The van der Waals surface area contributed by atoms with Crippen LogP contribution in [0.15, 0.2) is 35.8 Å². The van der Waals surface area contributed by atoms with Crippen LogP contribution in [0.25, 0.3) is 21.8 Å². The van der Waals surface area contributed by atoms with Crippen molar-refractivity contribution in [1.82, 2.24) is 19.7 Å². The van der Waals surface area contributed by atoms with Crippen molar-refractivity contribution in [2.45, 2.75) is 32.7 Å². The Morgan fingerprint density at radius 3 is 2.48 bits per heavy atom. The van der Waals surface area contributed by atoms with Crippen LogP contribution in [0.1, 0.15) is 26.5 Å². The first kappa shape index (κ1) is 19.2. The van der Waals surface area contributed by atoms with Crippen molar-refractivity contribution in [3.8, 4) is 21.8 Å². The number of carbonyl (C=O) groups excluding carboxylic acids is 1. The Bertz CT molecular complexity index is 951. The second-order valence-corrected chi connectivity index (χ2v) is 8.46. The van der Waals surface area contributed by atoms with Gasteiger partial charge < -0.3 is 4.90 Å². The summed E-state index contributed by atoms with van der Waals surface area (Å²) in [6.45, 7) is 6.21. The smallest absolute Gasteiger partial charge is 0.228 e. The molecule has 1 aromatic carbocycles. The molecule has 0 bridgehead atoms. The molecule has 2 heterocycles. The van der Waals surface area contributed by atoms with Gasteiger partial charge in [-0.1, -0.05) is 0 Å². The molecule has 0 unspecified atom stereocenters. The van der Waals surface area contributed by atoms with Gasteiger partial charge in [-0.3, -0.25) is 9.48 Å².